The van der Waals surface area contributed by atoms with Gasteiger partial charge in [-0.15, -0.1) is 0 Å². The van der Waals surface area contributed by atoms with E-state index < -0.39 is 10.8 Å². The van der Waals surface area contributed by atoms with E-state index in [4.69, 9.17) is 0 Å². The summed E-state index contributed by atoms with van der Waals surface area (Å²) in [6.07, 6.45) is 0. The summed E-state index contributed by atoms with van der Waals surface area (Å²) in [6, 6.07) is 7.85. The van der Waals surface area contributed by atoms with Crippen molar-refractivity contribution in [2.45, 2.75) is 31.1 Å². The van der Waals surface area contributed by atoms with Crippen molar-refractivity contribution in [1.29, 1.82) is 0 Å². The van der Waals surface area contributed by atoms with Crippen LogP contribution in [0.25, 0.3) is 0 Å². The second kappa shape index (κ2) is 4.09. The summed E-state index contributed by atoms with van der Waals surface area (Å²) in [5, 5.41) is 1.45. The van der Waals surface area contributed by atoms with Gasteiger partial charge in [0.2, 0.25) is 0 Å². The Bertz CT molecular complexity index is 344. The molecule has 0 radical (unpaired) electrons. The first-order valence-electron chi connectivity index (χ1n) is 4.59. The molecule has 0 aliphatic carbocycles. The van der Waals surface area contributed by atoms with E-state index in [1.54, 1.807) is 0 Å². The molecule has 2 heteroatoms. The molecule has 76 valence electrons. The Balaban J connectivity index is 3.00. The molecule has 0 N–H and O–H groups in total. The summed E-state index contributed by atoms with van der Waals surface area (Å²) in [5.41, 5.74) is 1.40. The molecule has 1 nitrogen and oxygen atoms in total. The molecule has 1 aromatic carbocycles. The number of rotatable bonds is 2. The smallest absolute Gasteiger partial charge is 0.0769 e. The van der Waals surface area contributed by atoms with E-state index in [0.29, 0.717) is 0 Å². The Morgan fingerprint density at radius 1 is 1.21 bits per heavy atom. The molecule has 1 rings (SSSR count). The molecule has 0 bridgehead atoms. The minimum atomic E-state index is -1.06. The lowest BCUT2D eigenvalue weighted by molar-refractivity contribution is 0.589. The highest BCUT2D eigenvalue weighted by molar-refractivity contribution is 7.88. The van der Waals surface area contributed by atoms with Gasteiger partial charge in [0.15, 0.2) is 0 Å². The lowest BCUT2D eigenvalue weighted by Crippen LogP contribution is -2.10. The van der Waals surface area contributed by atoms with Crippen molar-refractivity contribution in [1.82, 2.24) is 0 Å². The van der Waals surface area contributed by atoms with Gasteiger partial charge in [-0.1, -0.05) is 39.5 Å². The molecule has 0 saturated heterocycles. The van der Waals surface area contributed by atoms with E-state index in [9.17, 15) is 4.21 Å². The van der Waals surface area contributed by atoms with Crippen LogP contribution in [-0.2, 0) is 16.2 Å². The number of hydrogen-bond acceptors (Lipinski definition) is 1. The Labute approximate surface area is 88.3 Å². The Morgan fingerprint density at radius 2 is 1.71 bits per heavy atom. The highest BCUT2D eigenvalue weighted by atomic mass is 32.2. The lowest BCUT2D eigenvalue weighted by Gasteiger charge is -2.18. The molecule has 0 aromatic heterocycles. The molecule has 0 spiro atoms. The third-order valence-electron chi connectivity index (χ3n) is 2.10. The fourth-order valence-electron chi connectivity index (χ4n) is 1.19. The monoisotopic (exact) mass is 208 g/mol. The quantitative estimate of drug-likeness (QED) is 0.729. The van der Waals surface area contributed by atoms with Gasteiger partial charge in [-0.3, -0.25) is 0 Å². The van der Waals surface area contributed by atoms with Crippen LogP contribution in [0.2, 0.25) is 0 Å². The molecule has 0 aliphatic heterocycles. The summed E-state index contributed by atoms with van der Waals surface area (Å²) < 4.78 is 11.4. The minimum Gasteiger partial charge on any atom is -0.250 e. The molecule has 0 saturated carbocycles. The molecule has 1 aromatic rings. The Morgan fingerprint density at radius 3 is 2.07 bits per heavy atom. The molecule has 0 fully saturated rings. The van der Waals surface area contributed by atoms with Crippen LogP contribution in [0, 0.1) is 0 Å². The first-order chi connectivity index (χ1) is 6.45. The standard InChI is InChI=1S/C12H16OS/c1-5-14(13)11-8-6-10(7-9-11)12(2,3)4/h5-9H,1H2,2-4H3/t14-/m0/s1. The van der Waals surface area contributed by atoms with Crippen LogP contribution in [0.15, 0.2) is 41.1 Å². The van der Waals surface area contributed by atoms with E-state index in [0.717, 1.165) is 4.90 Å². The fraction of sp³-hybridized carbons (Fsp3) is 0.333. The van der Waals surface area contributed by atoms with E-state index in [1.165, 1.54) is 11.0 Å². The summed E-state index contributed by atoms with van der Waals surface area (Å²) >= 11 is 0. The first kappa shape index (κ1) is 11.2. The molecule has 0 unspecified atom stereocenters. The zero-order chi connectivity index (χ0) is 10.8. The van der Waals surface area contributed by atoms with E-state index in [1.807, 2.05) is 24.3 Å². The van der Waals surface area contributed by atoms with Gasteiger partial charge in [-0.2, -0.15) is 0 Å². The maximum atomic E-state index is 11.4. The van der Waals surface area contributed by atoms with Crippen molar-refractivity contribution in [3.05, 3.63) is 41.8 Å². The van der Waals surface area contributed by atoms with E-state index in [2.05, 4.69) is 27.4 Å². The van der Waals surface area contributed by atoms with Gasteiger partial charge in [-0.05, 0) is 23.1 Å². The minimum absolute atomic E-state index is 0.147. The van der Waals surface area contributed by atoms with Gasteiger partial charge < -0.3 is 0 Å². The number of benzene rings is 1. The van der Waals surface area contributed by atoms with Gasteiger partial charge in [0.25, 0.3) is 0 Å². The zero-order valence-corrected chi connectivity index (χ0v) is 9.73. The molecular weight excluding hydrogens is 192 g/mol. The summed E-state index contributed by atoms with van der Waals surface area (Å²) in [4.78, 5) is 0.813. The molecule has 0 aliphatic rings. The SMILES string of the molecule is C=C[S@](=O)c1ccc(C(C)(C)C)cc1. The maximum absolute atomic E-state index is 11.4. The van der Waals surface area contributed by atoms with Gasteiger partial charge in [0.05, 0.1) is 10.8 Å². The third-order valence-corrected chi connectivity index (χ3v) is 3.14. The third kappa shape index (κ3) is 2.55. The molecule has 0 heterocycles. The molecular formula is C12H16OS. The predicted molar refractivity (Wildman–Crippen MR) is 61.7 cm³/mol. The van der Waals surface area contributed by atoms with Gasteiger partial charge in [0.1, 0.15) is 0 Å². The second-order valence-corrected chi connectivity index (χ2v) is 5.64. The predicted octanol–water partition coefficient (Wildman–Crippen LogP) is 3.24. The summed E-state index contributed by atoms with van der Waals surface area (Å²) in [5.74, 6) is 0. The van der Waals surface area contributed by atoms with Crippen molar-refractivity contribution in [3.63, 3.8) is 0 Å². The highest BCUT2D eigenvalue weighted by Gasteiger charge is 2.13. The summed E-state index contributed by atoms with van der Waals surface area (Å²) in [7, 11) is -1.06. The van der Waals surface area contributed by atoms with Crippen molar-refractivity contribution < 1.29 is 4.21 Å². The van der Waals surface area contributed by atoms with Crippen LogP contribution < -0.4 is 0 Å². The van der Waals surface area contributed by atoms with Crippen LogP contribution in [-0.4, -0.2) is 4.21 Å². The van der Waals surface area contributed by atoms with Crippen molar-refractivity contribution in [3.8, 4) is 0 Å². The molecule has 0 amide bonds. The first-order valence-corrected chi connectivity index (χ1v) is 5.80. The zero-order valence-electron chi connectivity index (χ0n) is 8.91. The highest BCUT2D eigenvalue weighted by Crippen LogP contribution is 2.22. The van der Waals surface area contributed by atoms with Crippen molar-refractivity contribution in [2.24, 2.45) is 0 Å². The van der Waals surface area contributed by atoms with Crippen LogP contribution in [0.4, 0.5) is 0 Å². The average molecular weight is 208 g/mol. The normalized spacial score (nSPS) is 13.6. The number of hydrogen-bond donors (Lipinski definition) is 0. The van der Waals surface area contributed by atoms with Gasteiger partial charge in [0, 0.05) is 10.3 Å². The Kier molecular flexibility index (Phi) is 3.27. The van der Waals surface area contributed by atoms with Gasteiger partial charge in [-0.25, -0.2) is 4.21 Å². The van der Waals surface area contributed by atoms with E-state index in [-0.39, 0.29) is 5.41 Å². The van der Waals surface area contributed by atoms with Gasteiger partial charge >= 0.3 is 0 Å². The summed E-state index contributed by atoms with van der Waals surface area (Å²) in [6.45, 7) is 9.99. The second-order valence-electron chi connectivity index (χ2n) is 4.24. The van der Waals surface area contributed by atoms with Crippen LogP contribution >= 0.6 is 0 Å². The average Bonchev–Trinajstić information content (AvgIpc) is 2.15. The molecule has 1 atom stereocenters. The van der Waals surface area contributed by atoms with Crippen molar-refractivity contribution >= 4 is 10.8 Å². The molecule has 14 heavy (non-hydrogen) atoms. The lowest BCUT2D eigenvalue weighted by atomic mass is 9.87. The largest absolute Gasteiger partial charge is 0.250 e. The fourth-order valence-corrected chi connectivity index (χ4v) is 1.78. The van der Waals surface area contributed by atoms with E-state index >= 15 is 0 Å². The Hall–Kier alpha value is -0.890. The van der Waals surface area contributed by atoms with Crippen LogP contribution in [0.3, 0.4) is 0 Å². The van der Waals surface area contributed by atoms with Crippen molar-refractivity contribution in [2.75, 3.05) is 0 Å². The maximum Gasteiger partial charge on any atom is 0.0769 e. The topological polar surface area (TPSA) is 17.1 Å². The van der Waals surface area contributed by atoms with Crippen LogP contribution in [0.5, 0.6) is 0 Å². The van der Waals surface area contributed by atoms with Crippen LogP contribution in [0.1, 0.15) is 26.3 Å².